The fourth-order valence-electron chi connectivity index (χ4n) is 4.16. The van der Waals surface area contributed by atoms with Crippen LogP contribution in [0.15, 0.2) is 20.9 Å². The van der Waals surface area contributed by atoms with Crippen molar-refractivity contribution in [3.63, 3.8) is 0 Å². The Bertz CT molecular complexity index is 1250. The van der Waals surface area contributed by atoms with Crippen molar-refractivity contribution < 1.29 is 47.8 Å². The molecule has 0 unspecified atom stereocenters. The molecule has 0 amide bonds. The summed E-state index contributed by atoms with van der Waals surface area (Å²) in [6.45, 7) is 2.32. The number of aliphatic hydroxyl groups is 1. The second-order valence-corrected chi connectivity index (χ2v) is 10.6. The van der Waals surface area contributed by atoms with Crippen molar-refractivity contribution in [1.29, 1.82) is 0 Å². The molecule has 0 bridgehead atoms. The van der Waals surface area contributed by atoms with E-state index in [-0.39, 0.29) is 18.4 Å². The lowest BCUT2D eigenvalue weighted by molar-refractivity contribution is -0.198. The molecule has 1 aliphatic heterocycles. The number of rotatable bonds is 15. The van der Waals surface area contributed by atoms with E-state index < -0.39 is 74.3 Å². The molecule has 17 nitrogen and oxygen atoms in total. The average molecular weight is 592 g/mol. The Morgan fingerprint density at radius 2 is 1.73 bits per heavy atom. The molecule has 1 fully saturated rings. The minimum atomic E-state index is -5.11. The van der Waals surface area contributed by atoms with Crippen LogP contribution in [0.4, 0.5) is 0 Å². The molecule has 4 N–H and O–H groups in total. The summed E-state index contributed by atoms with van der Waals surface area (Å²) in [4.78, 5) is 73.3. The van der Waals surface area contributed by atoms with Crippen molar-refractivity contribution in [3.05, 3.63) is 43.0 Å². The summed E-state index contributed by atoms with van der Waals surface area (Å²) in [5, 5.41) is 15.1. The van der Waals surface area contributed by atoms with Crippen molar-refractivity contribution in [1.82, 2.24) is 9.55 Å². The smallest absolute Gasteiger partial charge is 0.465 e. The SMILES string of the molecule is CCCCC(=O)OCC1(COC(=O)CCCC)[C@H](O)[C@@H](COP(=O)(O)O)O[C@@]1(N=[N+]=[N-])n1cc(C)c(=O)[nH]c1=O. The molecular weight excluding hydrogens is 557 g/mol. The van der Waals surface area contributed by atoms with Gasteiger partial charge in [0.05, 0.1) is 12.7 Å². The minimum Gasteiger partial charge on any atom is -0.465 e. The highest BCUT2D eigenvalue weighted by Crippen LogP contribution is 2.52. The number of aromatic nitrogens is 2. The third-order valence-corrected chi connectivity index (χ3v) is 6.85. The Morgan fingerprint density at radius 1 is 1.18 bits per heavy atom. The predicted octanol–water partition coefficient (Wildman–Crippen LogP) is 1.09. The van der Waals surface area contributed by atoms with Gasteiger partial charge in [0, 0.05) is 29.5 Å². The number of phosphoric ester groups is 1. The first-order valence-electron chi connectivity index (χ1n) is 12.5. The average Bonchev–Trinajstić information content (AvgIpc) is 3.12. The highest BCUT2D eigenvalue weighted by atomic mass is 31.2. The number of carbonyl (C=O) groups excluding carboxylic acids is 2. The third-order valence-electron chi connectivity index (χ3n) is 6.37. The van der Waals surface area contributed by atoms with E-state index in [1.165, 1.54) is 6.92 Å². The summed E-state index contributed by atoms with van der Waals surface area (Å²) in [6.07, 6.45) is -0.586. The maximum Gasteiger partial charge on any atom is 0.469 e. The number of carbonyl (C=O) groups is 2. The molecule has 3 atom stereocenters. The first-order valence-corrected chi connectivity index (χ1v) is 14.1. The van der Waals surface area contributed by atoms with Crippen molar-refractivity contribution in [2.45, 2.75) is 77.4 Å². The van der Waals surface area contributed by atoms with Gasteiger partial charge in [-0.3, -0.25) is 28.5 Å². The second kappa shape index (κ2) is 14.0. The maximum atomic E-state index is 13.0. The number of esters is 2. The van der Waals surface area contributed by atoms with Gasteiger partial charge in [0.25, 0.3) is 5.56 Å². The third kappa shape index (κ3) is 7.57. The predicted molar refractivity (Wildman–Crippen MR) is 135 cm³/mol. The molecule has 0 saturated carbocycles. The number of hydrogen-bond donors (Lipinski definition) is 4. The second-order valence-electron chi connectivity index (χ2n) is 9.31. The molecule has 0 spiro atoms. The van der Waals surface area contributed by atoms with Gasteiger partial charge in [0.1, 0.15) is 24.7 Å². The van der Waals surface area contributed by atoms with Crippen molar-refractivity contribution in [3.8, 4) is 0 Å². The van der Waals surface area contributed by atoms with Gasteiger partial charge in [-0.05, 0) is 30.4 Å². The summed E-state index contributed by atoms with van der Waals surface area (Å²) < 4.78 is 33.1. The van der Waals surface area contributed by atoms with Gasteiger partial charge in [-0.2, -0.15) is 0 Å². The Balaban J connectivity index is 2.78. The summed E-state index contributed by atoms with van der Waals surface area (Å²) in [7, 11) is -5.11. The maximum absolute atomic E-state index is 13.0. The Kier molecular flexibility index (Phi) is 11.6. The summed E-state index contributed by atoms with van der Waals surface area (Å²) >= 11 is 0. The largest absolute Gasteiger partial charge is 0.469 e. The molecule has 18 heteroatoms. The van der Waals surface area contributed by atoms with E-state index in [4.69, 9.17) is 14.2 Å². The van der Waals surface area contributed by atoms with Crippen LogP contribution in [0, 0.1) is 12.3 Å². The van der Waals surface area contributed by atoms with Gasteiger partial charge >= 0.3 is 25.5 Å². The van der Waals surface area contributed by atoms with Gasteiger partial charge in [-0.15, -0.1) is 0 Å². The van der Waals surface area contributed by atoms with E-state index in [2.05, 4.69) is 14.5 Å². The van der Waals surface area contributed by atoms with E-state index in [0.29, 0.717) is 30.3 Å². The van der Waals surface area contributed by atoms with Crippen LogP contribution in [-0.2, 0) is 38.7 Å². The fraction of sp³-hybridized carbons (Fsp3) is 0.727. The zero-order chi connectivity index (χ0) is 30.1. The molecule has 0 radical (unpaired) electrons. The molecule has 0 aromatic carbocycles. The van der Waals surface area contributed by atoms with Crippen LogP contribution in [-0.4, -0.2) is 68.4 Å². The zero-order valence-electron chi connectivity index (χ0n) is 22.3. The zero-order valence-corrected chi connectivity index (χ0v) is 23.2. The van der Waals surface area contributed by atoms with Gasteiger partial charge in [-0.25, -0.2) is 9.36 Å². The number of aryl methyl sites for hydroxylation is 1. The molecule has 1 aromatic heterocycles. The Hall–Kier alpha value is -3.04. The standard InChI is InChI=1S/C22H34N5O12P/c1-4-6-8-16(28)36-12-21(13-37-17(29)9-7-5-2)18(30)15(11-38-40(33,34)35)39-22(21,25-26-23)27-10-14(3)19(31)24-20(27)32/h10,15,18,30H,4-9,11-13H2,1-3H3,(H,24,31,32)(H2,33,34,35)/t15-,18-,22+/m1/s1. The van der Waals surface area contributed by atoms with Crippen LogP contribution in [0.3, 0.4) is 0 Å². The Labute approximate surface area is 228 Å². The number of phosphoric acid groups is 1. The van der Waals surface area contributed by atoms with Gasteiger partial charge < -0.3 is 29.1 Å². The fourth-order valence-corrected chi connectivity index (χ4v) is 4.50. The van der Waals surface area contributed by atoms with E-state index in [9.17, 15) is 44.2 Å². The molecular formula is C22H34N5O12P. The number of aromatic amines is 1. The van der Waals surface area contributed by atoms with Crippen LogP contribution in [0.5, 0.6) is 0 Å². The van der Waals surface area contributed by atoms with Crippen LogP contribution in [0.2, 0.25) is 0 Å². The normalized spacial score (nSPS) is 21.9. The van der Waals surface area contributed by atoms with Crippen molar-refractivity contribution >= 4 is 19.8 Å². The Morgan fingerprint density at radius 3 is 2.20 bits per heavy atom. The van der Waals surface area contributed by atoms with E-state index in [1.807, 2.05) is 18.8 Å². The van der Waals surface area contributed by atoms with Gasteiger partial charge in [0.15, 0.2) is 0 Å². The summed E-state index contributed by atoms with van der Waals surface area (Å²) in [6, 6.07) is 0. The van der Waals surface area contributed by atoms with E-state index in [0.717, 1.165) is 6.20 Å². The number of H-pyrrole nitrogens is 1. The molecule has 1 saturated heterocycles. The molecule has 2 heterocycles. The lowest BCUT2D eigenvalue weighted by Gasteiger charge is -2.42. The highest BCUT2D eigenvalue weighted by Gasteiger charge is 2.69. The van der Waals surface area contributed by atoms with E-state index in [1.54, 1.807) is 0 Å². The first kappa shape index (κ1) is 33.2. The number of aliphatic hydroxyl groups excluding tert-OH is 1. The van der Waals surface area contributed by atoms with Gasteiger partial charge in [0.2, 0.25) is 5.85 Å². The first-order chi connectivity index (χ1) is 18.8. The topological polar surface area (TPSA) is 252 Å². The van der Waals surface area contributed by atoms with Crippen molar-refractivity contribution in [2.24, 2.45) is 10.5 Å². The van der Waals surface area contributed by atoms with Crippen LogP contribution in [0.1, 0.15) is 57.9 Å². The number of nitrogens with one attached hydrogen (secondary N) is 1. The lowest BCUT2D eigenvalue weighted by Crippen LogP contribution is -2.59. The minimum absolute atomic E-state index is 0.0310. The number of ether oxygens (including phenoxy) is 3. The van der Waals surface area contributed by atoms with Crippen molar-refractivity contribution in [2.75, 3.05) is 19.8 Å². The molecule has 0 aliphatic carbocycles. The molecule has 2 rings (SSSR count). The monoisotopic (exact) mass is 591 g/mol. The summed E-state index contributed by atoms with van der Waals surface area (Å²) in [5.41, 5.74) is 5.27. The van der Waals surface area contributed by atoms with E-state index >= 15 is 0 Å². The van der Waals surface area contributed by atoms with Gasteiger partial charge in [-0.1, -0.05) is 26.7 Å². The van der Waals surface area contributed by atoms with Crippen LogP contribution < -0.4 is 11.2 Å². The molecule has 224 valence electrons. The highest BCUT2D eigenvalue weighted by molar-refractivity contribution is 7.46. The summed E-state index contributed by atoms with van der Waals surface area (Å²) in [5.74, 6) is -4.16. The quantitative estimate of drug-likeness (QED) is 0.0735. The molecule has 1 aliphatic rings. The number of hydrogen-bond acceptors (Lipinski definition) is 11. The number of unbranched alkanes of at least 4 members (excludes halogenated alkanes) is 2. The number of azide groups is 1. The number of nitrogens with zero attached hydrogens (tertiary/aromatic N) is 4. The van der Waals surface area contributed by atoms with Crippen LogP contribution in [0.25, 0.3) is 10.4 Å². The van der Waals surface area contributed by atoms with Crippen LogP contribution >= 0.6 is 7.82 Å². The molecule has 1 aromatic rings. The lowest BCUT2D eigenvalue weighted by atomic mass is 9.78. The molecule has 40 heavy (non-hydrogen) atoms.